The zero-order valence-electron chi connectivity index (χ0n) is 14.8. The van der Waals surface area contributed by atoms with Crippen molar-refractivity contribution in [1.29, 1.82) is 0 Å². The van der Waals surface area contributed by atoms with Crippen molar-refractivity contribution >= 4 is 12.1 Å². The average Bonchev–Trinajstić information content (AvgIpc) is 3.12. The van der Waals surface area contributed by atoms with E-state index in [4.69, 9.17) is 9.47 Å². The zero-order valence-corrected chi connectivity index (χ0v) is 14.8. The predicted octanol–water partition coefficient (Wildman–Crippen LogP) is 3.35. The van der Waals surface area contributed by atoms with Gasteiger partial charge < -0.3 is 14.6 Å². The monoisotopic (exact) mass is 357 g/mol. The van der Waals surface area contributed by atoms with E-state index in [-0.39, 0.29) is 12.5 Å². The normalized spacial score (nSPS) is 22.4. The van der Waals surface area contributed by atoms with E-state index in [1.807, 2.05) is 36.4 Å². The summed E-state index contributed by atoms with van der Waals surface area (Å²) in [6.07, 6.45) is 5.53. The largest absolute Gasteiger partial charge is 0.501 e. The van der Waals surface area contributed by atoms with Crippen molar-refractivity contribution < 1.29 is 24.2 Å². The molecular weight excluding hydrogens is 334 g/mol. The minimum atomic E-state index is -1.01. The maximum Gasteiger partial charge on any atom is 0.410 e. The molecule has 1 unspecified atom stereocenters. The molecule has 1 saturated heterocycles. The van der Waals surface area contributed by atoms with Crippen molar-refractivity contribution in [2.24, 2.45) is 5.92 Å². The average molecular weight is 357 g/mol. The zero-order chi connectivity index (χ0) is 18.5. The predicted molar refractivity (Wildman–Crippen MR) is 95.3 cm³/mol. The number of carbonyl (C=O) groups is 2. The first-order valence-corrected chi connectivity index (χ1v) is 8.74. The van der Waals surface area contributed by atoms with Crippen molar-refractivity contribution in [3.8, 4) is 0 Å². The van der Waals surface area contributed by atoms with E-state index in [9.17, 15) is 14.7 Å². The summed E-state index contributed by atoms with van der Waals surface area (Å²) in [4.78, 5) is 25.5. The molecule has 0 radical (unpaired) electrons. The van der Waals surface area contributed by atoms with Gasteiger partial charge in [0.25, 0.3) is 0 Å². The Hall–Kier alpha value is -2.76. The van der Waals surface area contributed by atoms with Gasteiger partial charge in [-0.1, -0.05) is 42.5 Å². The number of nitrogens with zero attached hydrogens (tertiary/aromatic N) is 1. The first-order valence-electron chi connectivity index (χ1n) is 8.74. The molecule has 1 amide bonds. The minimum Gasteiger partial charge on any atom is -0.501 e. The molecule has 1 aromatic carbocycles. The van der Waals surface area contributed by atoms with E-state index >= 15 is 0 Å². The van der Waals surface area contributed by atoms with Gasteiger partial charge in [-0.05, 0) is 24.0 Å². The van der Waals surface area contributed by atoms with E-state index in [0.29, 0.717) is 13.0 Å². The van der Waals surface area contributed by atoms with Crippen LogP contribution in [0.4, 0.5) is 4.79 Å². The molecule has 1 N–H and O–H groups in total. The van der Waals surface area contributed by atoms with Crippen LogP contribution in [0, 0.1) is 5.92 Å². The molecule has 2 atom stereocenters. The van der Waals surface area contributed by atoms with Crippen LogP contribution in [0.3, 0.4) is 0 Å². The molecule has 1 fully saturated rings. The molecule has 0 saturated carbocycles. The Morgan fingerprint density at radius 1 is 1.27 bits per heavy atom. The second-order valence-corrected chi connectivity index (χ2v) is 6.50. The number of rotatable bonds is 5. The Morgan fingerprint density at radius 3 is 2.73 bits per heavy atom. The summed E-state index contributed by atoms with van der Waals surface area (Å²) >= 11 is 0. The molecule has 0 bridgehead atoms. The fourth-order valence-corrected chi connectivity index (χ4v) is 3.55. The van der Waals surface area contributed by atoms with Crippen LogP contribution in [0.25, 0.3) is 0 Å². The lowest BCUT2D eigenvalue weighted by Gasteiger charge is -2.21. The number of carboxylic acids is 1. The first-order chi connectivity index (χ1) is 12.6. The maximum absolute atomic E-state index is 12.5. The number of methoxy groups -OCH3 is 1. The summed E-state index contributed by atoms with van der Waals surface area (Å²) in [5.74, 6) is -0.198. The summed E-state index contributed by atoms with van der Waals surface area (Å²) in [6, 6.07) is 8.45. The number of ether oxygens (including phenoxy) is 2. The lowest BCUT2D eigenvalue weighted by atomic mass is 9.90. The summed E-state index contributed by atoms with van der Waals surface area (Å²) in [5, 5.41) is 9.54. The molecule has 138 valence electrons. The molecule has 1 aromatic rings. The van der Waals surface area contributed by atoms with Crippen LogP contribution in [0.1, 0.15) is 24.8 Å². The van der Waals surface area contributed by atoms with Gasteiger partial charge in [0.1, 0.15) is 12.6 Å². The van der Waals surface area contributed by atoms with Gasteiger partial charge in [-0.2, -0.15) is 0 Å². The molecule has 6 nitrogen and oxygen atoms in total. The Labute approximate surface area is 152 Å². The number of benzene rings is 1. The Balaban J connectivity index is 1.71. The van der Waals surface area contributed by atoms with Gasteiger partial charge in [0.2, 0.25) is 0 Å². The number of aliphatic carboxylic acids is 1. The lowest BCUT2D eigenvalue weighted by molar-refractivity contribution is -0.141. The van der Waals surface area contributed by atoms with Crippen LogP contribution in [-0.2, 0) is 20.9 Å². The third kappa shape index (κ3) is 3.90. The van der Waals surface area contributed by atoms with E-state index < -0.39 is 18.1 Å². The van der Waals surface area contributed by atoms with E-state index in [1.165, 1.54) is 4.90 Å². The lowest BCUT2D eigenvalue weighted by Crippen LogP contribution is -2.40. The summed E-state index contributed by atoms with van der Waals surface area (Å²) in [5.41, 5.74) is 1.85. The summed E-state index contributed by atoms with van der Waals surface area (Å²) in [6.45, 7) is 0.441. The number of amides is 1. The number of carbonyl (C=O) groups excluding carboxylic acids is 1. The third-order valence-corrected chi connectivity index (χ3v) is 4.87. The van der Waals surface area contributed by atoms with Crippen LogP contribution in [0.2, 0.25) is 0 Å². The van der Waals surface area contributed by atoms with Gasteiger partial charge >= 0.3 is 12.1 Å². The van der Waals surface area contributed by atoms with E-state index in [1.54, 1.807) is 7.11 Å². The number of hydrogen-bond donors (Lipinski definition) is 1. The molecule has 3 rings (SSSR count). The molecule has 2 aliphatic rings. The van der Waals surface area contributed by atoms with Crippen molar-refractivity contribution in [2.45, 2.75) is 31.9 Å². The highest BCUT2D eigenvalue weighted by molar-refractivity contribution is 5.81. The van der Waals surface area contributed by atoms with Gasteiger partial charge in [0, 0.05) is 18.9 Å². The van der Waals surface area contributed by atoms with Crippen molar-refractivity contribution in [2.75, 3.05) is 13.7 Å². The highest BCUT2D eigenvalue weighted by Gasteiger charge is 2.42. The number of carboxylic acid groups (broad SMARTS) is 1. The van der Waals surface area contributed by atoms with Crippen LogP contribution in [0.15, 0.2) is 53.8 Å². The Morgan fingerprint density at radius 2 is 2.04 bits per heavy atom. The first kappa shape index (κ1) is 18.0. The smallest absolute Gasteiger partial charge is 0.410 e. The van der Waals surface area contributed by atoms with Crippen LogP contribution in [-0.4, -0.2) is 41.8 Å². The molecular formula is C20H23NO5. The Bertz CT molecular complexity index is 725. The third-order valence-electron chi connectivity index (χ3n) is 4.87. The number of hydrogen-bond acceptors (Lipinski definition) is 4. The second-order valence-electron chi connectivity index (χ2n) is 6.50. The van der Waals surface area contributed by atoms with Crippen LogP contribution in [0.5, 0.6) is 0 Å². The molecule has 0 spiro atoms. The fraction of sp³-hybridized carbons (Fsp3) is 0.400. The van der Waals surface area contributed by atoms with E-state index in [0.717, 1.165) is 29.7 Å². The number of likely N-dealkylation sites (tertiary alicyclic amines) is 1. The fourth-order valence-electron chi connectivity index (χ4n) is 3.55. The molecule has 1 aliphatic heterocycles. The minimum absolute atomic E-state index is 0.0631. The molecule has 26 heavy (non-hydrogen) atoms. The van der Waals surface area contributed by atoms with Crippen molar-refractivity contribution in [3.63, 3.8) is 0 Å². The topological polar surface area (TPSA) is 76.1 Å². The molecule has 6 heteroatoms. The maximum atomic E-state index is 12.5. The van der Waals surface area contributed by atoms with Crippen LogP contribution < -0.4 is 0 Å². The standard InChI is InChI=1S/C20H23NO5/c1-25-18-10-6-5-9-16(18)15-11-17(19(22)23)21(12-15)20(24)26-13-14-7-3-2-4-8-14/h2-5,7-9,15,17H,6,10-13H2,1H3,(H,22,23)/t15?,17-/m0/s1. The van der Waals surface area contributed by atoms with Gasteiger partial charge in [-0.3, -0.25) is 4.90 Å². The molecule has 1 aliphatic carbocycles. The quantitative estimate of drug-likeness (QED) is 0.874. The summed E-state index contributed by atoms with van der Waals surface area (Å²) in [7, 11) is 1.63. The highest BCUT2D eigenvalue weighted by Crippen LogP contribution is 2.35. The van der Waals surface area contributed by atoms with E-state index in [2.05, 4.69) is 6.08 Å². The highest BCUT2D eigenvalue weighted by atomic mass is 16.6. The van der Waals surface area contributed by atoms with Crippen molar-refractivity contribution in [1.82, 2.24) is 4.90 Å². The summed E-state index contributed by atoms with van der Waals surface area (Å²) < 4.78 is 10.8. The SMILES string of the molecule is COC1=C(C2C[C@@H](C(=O)O)N(C(=O)OCc3ccccc3)C2)C=CCC1. The molecule has 0 aromatic heterocycles. The number of allylic oxidation sites excluding steroid dienone is 3. The van der Waals surface area contributed by atoms with Gasteiger partial charge in [-0.15, -0.1) is 0 Å². The van der Waals surface area contributed by atoms with Crippen LogP contribution >= 0.6 is 0 Å². The second kappa shape index (κ2) is 8.08. The van der Waals surface area contributed by atoms with Gasteiger partial charge in [-0.25, -0.2) is 9.59 Å². The van der Waals surface area contributed by atoms with Crippen molar-refractivity contribution in [3.05, 3.63) is 59.4 Å². The molecule has 1 heterocycles. The van der Waals surface area contributed by atoms with Gasteiger partial charge in [0.15, 0.2) is 0 Å². The van der Waals surface area contributed by atoms with Gasteiger partial charge in [0.05, 0.1) is 12.9 Å². The Kier molecular flexibility index (Phi) is 5.61.